The van der Waals surface area contributed by atoms with Crippen molar-refractivity contribution in [3.63, 3.8) is 0 Å². The quantitative estimate of drug-likeness (QED) is 0.865. The number of nitrogen functional groups attached to an aromatic ring is 1. The van der Waals surface area contributed by atoms with Crippen molar-refractivity contribution in [3.05, 3.63) is 53.2 Å². The normalized spacial score (nSPS) is 12.2. The second-order valence-electron chi connectivity index (χ2n) is 4.61. The molecule has 2 rings (SSSR count). The van der Waals surface area contributed by atoms with Gasteiger partial charge in [0, 0.05) is 6.20 Å². The predicted octanol–water partition coefficient (Wildman–Crippen LogP) is 3.45. The first-order chi connectivity index (χ1) is 8.59. The molecule has 0 saturated carbocycles. The minimum atomic E-state index is 0.183. The highest BCUT2D eigenvalue weighted by molar-refractivity contribution is 5.65. The molecule has 94 valence electrons. The summed E-state index contributed by atoms with van der Waals surface area (Å²) in [7, 11) is 0. The molecule has 2 aromatic rings. The summed E-state index contributed by atoms with van der Waals surface area (Å²) in [5.74, 6) is 0.755. The van der Waals surface area contributed by atoms with Crippen molar-refractivity contribution < 1.29 is 0 Å². The number of benzene rings is 1. The number of hydrogen-bond acceptors (Lipinski definition) is 3. The van der Waals surface area contributed by atoms with Gasteiger partial charge in [-0.2, -0.15) is 0 Å². The van der Waals surface area contributed by atoms with E-state index in [9.17, 15) is 0 Å². The van der Waals surface area contributed by atoms with E-state index in [0.29, 0.717) is 0 Å². The maximum atomic E-state index is 6.02. The van der Waals surface area contributed by atoms with Gasteiger partial charge >= 0.3 is 0 Å². The van der Waals surface area contributed by atoms with Gasteiger partial charge in [-0.25, -0.2) is 4.98 Å². The summed E-state index contributed by atoms with van der Waals surface area (Å²) < 4.78 is 0. The van der Waals surface area contributed by atoms with Gasteiger partial charge in [0.2, 0.25) is 0 Å². The highest BCUT2D eigenvalue weighted by Gasteiger charge is 2.10. The van der Waals surface area contributed by atoms with Gasteiger partial charge in [0.1, 0.15) is 5.82 Å². The van der Waals surface area contributed by atoms with Gasteiger partial charge in [0.15, 0.2) is 0 Å². The topological polar surface area (TPSA) is 50.9 Å². The molecule has 0 aliphatic rings. The summed E-state index contributed by atoms with van der Waals surface area (Å²) in [5, 5.41) is 3.37. The molecule has 0 aliphatic carbocycles. The molecule has 0 fully saturated rings. The third-order valence-electron chi connectivity index (χ3n) is 3.22. The third kappa shape index (κ3) is 2.45. The molecule has 1 atom stereocenters. The number of nitrogens with one attached hydrogen (secondary N) is 1. The Morgan fingerprint density at radius 1 is 1.11 bits per heavy atom. The standard InChI is InChI=1S/C15H19N3/c1-10-6-4-5-7-13(10)12(3)18-15-14(16)11(2)8-9-17-15/h4-9,12H,16H2,1-3H3,(H,17,18). The fraction of sp³-hybridized carbons (Fsp3) is 0.267. The van der Waals surface area contributed by atoms with Crippen LogP contribution in [-0.4, -0.2) is 4.98 Å². The van der Waals surface area contributed by atoms with Crippen LogP contribution in [0.15, 0.2) is 36.5 Å². The number of nitrogens with zero attached hydrogens (tertiary/aromatic N) is 1. The van der Waals surface area contributed by atoms with E-state index in [-0.39, 0.29) is 6.04 Å². The molecule has 0 amide bonds. The molecule has 0 radical (unpaired) electrons. The van der Waals surface area contributed by atoms with E-state index in [0.717, 1.165) is 17.1 Å². The average molecular weight is 241 g/mol. The monoisotopic (exact) mass is 241 g/mol. The molecule has 3 heteroatoms. The summed E-state index contributed by atoms with van der Waals surface area (Å²) in [6.07, 6.45) is 1.78. The molecule has 0 saturated heterocycles. The number of hydrogen-bond donors (Lipinski definition) is 2. The SMILES string of the molecule is Cc1ccccc1C(C)Nc1nccc(C)c1N. The van der Waals surface area contributed by atoms with Crippen LogP contribution in [-0.2, 0) is 0 Å². The van der Waals surface area contributed by atoms with E-state index in [1.807, 2.05) is 25.1 Å². The molecule has 1 aromatic carbocycles. The van der Waals surface area contributed by atoms with Gasteiger partial charge in [0.05, 0.1) is 11.7 Å². The van der Waals surface area contributed by atoms with E-state index in [1.165, 1.54) is 11.1 Å². The Morgan fingerprint density at radius 2 is 1.83 bits per heavy atom. The van der Waals surface area contributed by atoms with Crippen molar-refractivity contribution >= 4 is 11.5 Å². The van der Waals surface area contributed by atoms with Gasteiger partial charge < -0.3 is 11.1 Å². The molecule has 1 heterocycles. The highest BCUT2D eigenvalue weighted by atomic mass is 15.0. The first kappa shape index (κ1) is 12.4. The lowest BCUT2D eigenvalue weighted by Gasteiger charge is -2.18. The van der Waals surface area contributed by atoms with E-state index in [2.05, 4.69) is 36.3 Å². The third-order valence-corrected chi connectivity index (χ3v) is 3.22. The molecule has 18 heavy (non-hydrogen) atoms. The lowest BCUT2D eigenvalue weighted by molar-refractivity contribution is 0.865. The minimum Gasteiger partial charge on any atom is -0.396 e. The zero-order chi connectivity index (χ0) is 13.1. The van der Waals surface area contributed by atoms with Crippen molar-refractivity contribution in [2.75, 3.05) is 11.1 Å². The van der Waals surface area contributed by atoms with Gasteiger partial charge in [-0.05, 0) is 43.5 Å². The van der Waals surface area contributed by atoms with Crippen LogP contribution < -0.4 is 11.1 Å². The van der Waals surface area contributed by atoms with Gasteiger partial charge in [-0.15, -0.1) is 0 Å². The van der Waals surface area contributed by atoms with Crippen LogP contribution in [0.1, 0.15) is 29.7 Å². The first-order valence-corrected chi connectivity index (χ1v) is 6.12. The maximum Gasteiger partial charge on any atom is 0.149 e. The Bertz CT molecular complexity index is 549. The summed E-state index contributed by atoms with van der Waals surface area (Å²) in [6, 6.07) is 10.4. The second-order valence-corrected chi connectivity index (χ2v) is 4.61. The van der Waals surface area contributed by atoms with Gasteiger partial charge in [-0.3, -0.25) is 0 Å². The Morgan fingerprint density at radius 3 is 2.56 bits per heavy atom. The van der Waals surface area contributed by atoms with Crippen LogP contribution in [0.25, 0.3) is 0 Å². The van der Waals surface area contributed by atoms with E-state index in [1.54, 1.807) is 6.20 Å². The predicted molar refractivity (Wildman–Crippen MR) is 76.6 cm³/mol. The van der Waals surface area contributed by atoms with Crippen molar-refractivity contribution in [3.8, 4) is 0 Å². The molecular weight excluding hydrogens is 222 g/mol. The number of aryl methyl sites for hydroxylation is 2. The highest BCUT2D eigenvalue weighted by Crippen LogP contribution is 2.25. The number of aromatic nitrogens is 1. The number of anilines is 2. The fourth-order valence-electron chi connectivity index (χ4n) is 2.04. The lowest BCUT2D eigenvalue weighted by atomic mass is 10.0. The first-order valence-electron chi connectivity index (χ1n) is 6.12. The van der Waals surface area contributed by atoms with E-state index < -0.39 is 0 Å². The smallest absolute Gasteiger partial charge is 0.149 e. The van der Waals surface area contributed by atoms with Crippen LogP contribution in [0, 0.1) is 13.8 Å². The van der Waals surface area contributed by atoms with Crippen molar-refractivity contribution in [2.24, 2.45) is 0 Å². The molecular formula is C15H19N3. The van der Waals surface area contributed by atoms with E-state index in [4.69, 9.17) is 5.73 Å². The Labute approximate surface area is 108 Å². The zero-order valence-corrected chi connectivity index (χ0v) is 11.1. The van der Waals surface area contributed by atoms with Crippen molar-refractivity contribution in [2.45, 2.75) is 26.8 Å². The largest absolute Gasteiger partial charge is 0.396 e. The molecule has 3 nitrogen and oxygen atoms in total. The summed E-state index contributed by atoms with van der Waals surface area (Å²) in [4.78, 5) is 4.30. The minimum absolute atomic E-state index is 0.183. The number of rotatable bonds is 3. The molecule has 3 N–H and O–H groups in total. The zero-order valence-electron chi connectivity index (χ0n) is 11.1. The number of nitrogens with two attached hydrogens (primary N) is 1. The van der Waals surface area contributed by atoms with Crippen LogP contribution in [0.2, 0.25) is 0 Å². The lowest BCUT2D eigenvalue weighted by Crippen LogP contribution is -2.11. The molecule has 1 unspecified atom stereocenters. The van der Waals surface area contributed by atoms with Crippen molar-refractivity contribution in [1.82, 2.24) is 4.98 Å². The summed E-state index contributed by atoms with van der Waals surface area (Å²) >= 11 is 0. The number of pyridine rings is 1. The Kier molecular flexibility index (Phi) is 3.51. The fourth-order valence-corrected chi connectivity index (χ4v) is 2.04. The summed E-state index contributed by atoms with van der Waals surface area (Å²) in [6.45, 7) is 6.22. The molecule has 0 spiro atoms. The summed E-state index contributed by atoms with van der Waals surface area (Å²) in [5.41, 5.74) is 10.3. The molecule has 1 aromatic heterocycles. The Balaban J connectivity index is 2.24. The molecule has 0 bridgehead atoms. The van der Waals surface area contributed by atoms with Crippen LogP contribution in [0.4, 0.5) is 11.5 Å². The van der Waals surface area contributed by atoms with Crippen LogP contribution in [0.3, 0.4) is 0 Å². The van der Waals surface area contributed by atoms with E-state index >= 15 is 0 Å². The maximum absolute atomic E-state index is 6.02. The van der Waals surface area contributed by atoms with Crippen LogP contribution >= 0.6 is 0 Å². The van der Waals surface area contributed by atoms with Crippen LogP contribution in [0.5, 0.6) is 0 Å². The Hall–Kier alpha value is -2.03. The van der Waals surface area contributed by atoms with Crippen molar-refractivity contribution in [1.29, 1.82) is 0 Å². The average Bonchev–Trinajstić information content (AvgIpc) is 2.35. The van der Waals surface area contributed by atoms with Gasteiger partial charge in [0.25, 0.3) is 0 Å². The molecule has 0 aliphatic heterocycles. The van der Waals surface area contributed by atoms with Gasteiger partial charge in [-0.1, -0.05) is 24.3 Å². The second kappa shape index (κ2) is 5.08.